The van der Waals surface area contributed by atoms with Gasteiger partial charge in [0.15, 0.2) is 5.69 Å². The molecule has 0 bridgehead atoms. The van der Waals surface area contributed by atoms with Crippen molar-refractivity contribution >= 4 is 22.6 Å². The van der Waals surface area contributed by atoms with Gasteiger partial charge in [-0.25, -0.2) is 14.4 Å². The number of benzene rings is 2. The summed E-state index contributed by atoms with van der Waals surface area (Å²) in [5.74, 6) is -0.721. The average molecular weight is 353 g/mol. The molecule has 0 aliphatic carbocycles. The zero-order valence-electron chi connectivity index (χ0n) is 15.2. The van der Waals surface area contributed by atoms with Gasteiger partial charge in [-0.2, -0.15) is 0 Å². The number of anilines is 1. The van der Waals surface area contributed by atoms with Crippen molar-refractivity contribution < 1.29 is 13.9 Å². The SMILES string of the molecule is CCOc1nc2cc(C)c(C)cc2nc1C(=O)Nc1ccc(C)c(F)c1. The van der Waals surface area contributed by atoms with E-state index < -0.39 is 5.91 Å². The second kappa shape index (κ2) is 7.07. The van der Waals surface area contributed by atoms with E-state index in [4.69, 9.17) is 4.74 Å². The lowest BCUT2D eigenvalue weighted by Gasteiger charge is -2.12. The van der Waals surface area contributed by atoms with E-state index in [1.165, 1.54) is 6.07 Å². The molecule has 1 amide bonds. The largest absolute Gasteiger partial charge is 0.476 e. The van der Waals surface area contributed by atoms with Crippen molar-refractivity contribution in [3.63, 3.8) is 0 Å². The normalized spacial score (nSPS) is 10.8. The highest BCUT2D eigenvalue weighted by molar-refractivity contribution is 6.05. The van der Waals surface area contributed by atoms with E-state index in [1.54, 1.807) is 19.1 Å². The maximum atomic E-state index is 13.7. The average Bonchev–Trinajstić information content (AvgIpc) is 2.59. The summed E-state index contributed by atoms with van der Waals surface area (Å²) in [4.78, 5) is 21.6. The van der Waals surface area contributed by atoms with Gasteiger partial charge in [-0.15, -0.1) is 0 Å². The van der Waals surface area contributed by atoms with Gasteiger partial charge in [0.2, 0.25) is 5.88 Å². The molecule has 0 atom stereocenters. The first kappa shape index (κ1) is 17.8. The van der Waals surface area contributed by atoms with Gasteiger partial charge in [0, 0.05) is 5.69 Å². The third-order valence-corrected chi connectivity index (χ3v) is 4.17. The Kier molecular flexibility index (Phi) is 4.84. The van der Waals surface area contributed by atoms with Crippen molar-refractivity contribution in [2.24, 2.45) is 0 Å². The zero-order valence-corrected chi connectivity index (χ0v) is 15.2. The number of aryl methyl sites for hydroxylation is 3. The molecule has 0 spiro atoms. The number of rotatable bonds is 4. The molecule has 1 aromatic heterocycles. The van der Waals surface area contributed by atoms with Gasteiger partial charge in [0.1, 0.15) is 5.82 Å². The van der Waals surface area contributed by atoms with Gasteiger partial charge in [0.25, 0.3) is 5.91 Å². The van der Waals surface area contributed by atoms with E-state index in [0.717, 1.165) is 11.1 Å². The van der Waals surface area contributed by atoms with E-state index in [0.29, 0.717) is 28.9 Å². The number of nitrogens with one attached hydrogen (secondary N) is 1. The predicted octanol–water partition coefficient (Wildman–Crippen LogP) is 4.35. The molecule has 0 unspecified atom stereocenters. The molecule has 0 fully saturated rings. The van der Waals surface area contributed by atoms with Crippen LogP contribution >= 0.6 is 0 Å². The van der Waals surface area contributed by atoms with Crippen molar-refractivity contribution in [2.45, 2.75) is 27.7 Å². The number of carbonyl (C=O) groups is 1. The van der Waals surface area contributed by atoms with Crippen LogP contribution in [0.25, 0.3) is 11.0 Å². The van der Waals surface area contributed by atoms with Gasteiger partial charge in [-0.3, -0.25) is 4.79 Å². The van der Waals surface area contributed by atoms with Crippen molar-refractivity contribution in [1.29, 1.82) is 0 Å². The molecule has 3 aromatic rings. The molecule has 2 aromatic carbocycles. The number of fused-ring (bicyclic) bond motifs is 1. The molecule has 5 nitrogen and oxygen atoms in total. The van der Waals surface area contributed by atoms with Crippen LogP contribution in [-0.2, 0) is 0 Å². The second-order valence-electron chi connectivity index (χ2n) is 6.15. The number of carbonyl (C=O) groups excluding carboxylic acids is 1. The Hall–Kier alpha value is -3.02. The molecule has 0 saturated carbocycles. The quantitative estimate of drug-likeness (QED) is 0.757. The lowest BCUT2D eigenvalue weighted by molar-refractivity contribution is 0.101. The number of hydrogen-bond acceptors (Lipinski definition) is 4. The third kappa shape index (κ3) is 3.49. The number of amides is 1. The molecule has 3 rings (SSSR count). The molecule has 0 saturated heterocycles. The lowest BCUT2D eigenvalue weighted by atomic mass is 10.1. The Balaban J connectivity index is 2.03. The number of nitrogens with zero attached hydrogens (tertiary/aromatic N) is 2. The molecule has 0 aliphatic heterocycles. The summed E-state index contributed by atoms with van der Waals surface area (Å²) in [6.45, 7) is 7.78. The Labute approximate surface area is 151 Å². The fourth-order valence-electron chi connectivity index (χ4n) is 2.54. The summed E-state index contributed by atoms with van der Waals surface area (Å²) in [7, 11) is 0. The molecule has 1 N–H and O–H groups in total. The fraction of sp³-hybridized carbons (Fsp3) is 0.250. The number of ether oxygens (including phenoxy) is 1. The van der Waals surface area contributed by atoms with Crippen LogP contribution in [0.2, 0.25) is 0 Å². The van der Waals surface area contributed by atoms with Crippen molar-refractivity contribution in [2.75, 3.05) is 11.9 Å². The Morgan fingerprint density at radius 2 is 1.69 bits per heavy atom. The summed E-state index contributed by atoms with van der Waals surface area (Å²) in [5.41, 5.74) is 4.34. The van der Waals surface area contributed by atoms with E-state index in [2.05, 4.69) is 15.3 Å². The van der Waals surface area contributed by atoms with Crippen LogP contribution in [0.4, 0.5) is 10.1 Å². The van der Waals surface area contributed by atoms with Crippen molar-refractivity contribution in [3.8, 4) is 5.88 Å². The number of hydrogen-bond donors (Lipinski definition) is 1. The van der Waals surface area contributed by atoms with E-state index in [1.807, 2.05) is 32.9 Å². The molecule has 6 heteroatoms. The van der Waals surface area contributed by atoms with E-state index in [9.17, 15) is 9.18 Å². The summed E-state index contributed by atoms with van der Waals surface area (Å²) in [6, 6.07) is 8.31. The highest BCUT2D eigenvalue weighted by atomic mass is 19.1. The van der Waals surface area contributed by atoms with Crippen LogP contribution in [0, 0.1) is 26.6 Å². The van der Waals surface area contributed by atoms with Crippen LogP contribution in [0.3, 0.4) is 0 Å². The molecular weight excluding hydrogens is 333 g/mol. The standard InChI is InChI=1S/C20H20FN3O2/c1-5-26-20-18(19(25)22-14-7-6-11(2)15(21)10-14)23-16-8-12(3)13(4)9-17(16)24-20/h6-10H,5H2,1-4H3,(H,22,25). The van der Waals surface area contributed by atoms with Crippen LogP contribution in [0.15, 0.2) is 30.3 Å². The Bertz CT molecular complexity index is 1000. The third-order valence-electron chi connectivity index (χ3n) is 4.17. The molecule has 26 heavy (non-hydrogen) atoms. The van der Waals surface area contributed by atoms with Crippen LogP contribution in [-0.4, -0.2) is 22.5 Å². The topological polar surface area (TPSA) is 64.1 Å². The summed E-state index contributed by atoms with van der Waals surface area (Å²) in [5, 5.41) is 2.65. The predicted molar refractivity (Wildman–Crippen MR) is 99.3 cm³/mol. The minimum absolute atomic E-state index is 0.0728. The first-order chi connectivity index (χ1) is 12.4. The van der Waals surface area contributed by atoms with E-state index >= 15 is 0 Å². The smallest absolute Gasteiger partial charge is 0.279 e. The van der Waals surface area contributed by atoms with Crippen LogP contribution in [0.5, 0.6) is 5.88 Å². The summed E-state index contributed by atoms with van der Waals surface area (Å²) >= 11 is 0. The first-order valence-corrected chi connectivity index (χ1v) is 8.38. The minimum Gasteiger partial charge on any atom is -0.476 e. The van der Waals surface area contributed by atoms with Gasteiger partial charge in [-0.05, 0) is 68.7 Å². The van der Waals surface area contributed by atoms with Gasteiger partial charge < -0.3 is 10.1 Å². The highest BCUT2D eigenvalue weighted by Crippen LogP contribution is 2.23. The molecule has 1 heterocycles. The summed E-state index contributed by atoms with van der Waals surface area (Å²) in [6.07, 6.45) is 0. The number of halogens is 1. The molecule has 0 aliphatic rings. The van der Waals surface area contributed by atoms with Gasteiger partial charge in [-0.1, -0.05) is 6.07 Å². The molecular formula is C20H20FN3O2. The molecule has 0 radical (unpaired) electrons. The van der Waals surface area contributed by atoms with Crippen LogP contribution < -0.4 is 10.1 Å². The summed E-state index contributed by atoms with van der Waals surface area (Å²) < 4.78 is 19.2. The Morgan fingerprint density at radius 1 is 1.04 bits per heavy atom. The number of aromatic nitrogens is 2. The van der Waals surface area contributed by atoms with Crippen molar-refractivity contribution in [3.05, 3.63) is 58.5 Å². The second-order valence-corrected chi connectivity index (χ2v) is 6.15. The van der Waals surface area contributed by atoms with Crippen LogP contribution in [0.1, 0.15) is 34.1 Å². The maximum Gasteiger partial charge on any atom is 0.279 e. The van der Waals surface area contributed by atoms with Gasteiger partial charge >= 0.3 is 0 Å². The maximum absolute atomic E-state index is 13.7. The van der Waals surface area contributed by atoms with E-state index in [-0.39, 0.29) is 17.4 Å². The molecule has 134 valence electrons. The fourth-order valence-corrected chi connectivity index (χ4v) is 2.54. The zero-order chi connectivity index (χ0) is 18.8. The van der Waals surface area contributed by atoms with Crippen molar-refractivity contribution in [1.82, 2.24) is 9.97 Å². The lowest BCUT2D eigenvalue weighted by Crippen LogP contribution is -2.17. The highest BCUT2D eigenvalue weighted by Gasteiger charge is 2.19. The first-order valence-electron chi connectivity index (χ1n) is 8.38. The monoisotopic (exact) mass is 353 g/mol. The Morgan fingerprint density at radius 3 is 2.31 bits per heavy atom. The minimum atomic E-state index is -0.496. The van der Waals surface area contributed by atoms with Gasteiger partial charge in [0.05, 0.1) is 17.6 Å².